The molecule has 1 aromatic heterocycles. The lowest BCUT2D eigenvalue weighted by atomic mass is 10.1. The van der Waals surface area contributed by atoms with Crippen molar-refractivity contribution in [1.29, 1.82) is 0 Å². The van der Waals surface area contributed by atoms with Crippen molar-refractivity contribution in [2.24, 2.45) is 0 Å². The van der Waals surface area contributed by atoms with Crippen LogP contribution in [0.25, 0.3) is 10.1 Å². The fourth-order valence-electron chi connectivity index (χ4n) is 1.67. The summed E-state index contributed by atoms with van der Waals surface area (Å²) in [5.41, 5.74) is 1.58. The molecule has 2 aromatic rings. The number of thiophene rings is 1. The first-order valence-electron chi connectivity index (χ1n) is 5.54. The molecule has 0 unspecified atom stereocenters. The average molecular weight is 249 g/mol. The molecule has 0 atom stereocenters. The van der Waals surface area contributed by atoms with E-state index in [0.717, 1.165) is 16.6 Å². The van der Waals surface area contributed by atoms with Gasteiger partial charge in [-0.3, -0.25) is 0 Å². The highest BCUT2D eigenvalue weighted by Crippen LogP contribution is 2.27. The van der Waals surface area contributed by atoms with Gasteiger partial charge in [-0.05, 0) is 28.5 Å². The van der Waals surface area contributed by atoms with E-state index >= 15 is 0 Å². The van der Waals surface area contributed by atoms with Crippen LogP contribution in [-0.4, -0.2) is 17.1 Å². The Kier molecular flexibility index (Phi) is 3.45. The number of hydrogen-bond acceptors (Lipinski definition) is 3. The molecule has 0 radical (unpaired) electrons. The average Bonchev–Trinajstić information content (AvgIpc) is 2.68. The van der Waals surface area contributed by atoms with Crippen LogP contribution in [0.15, 0.2) is 23.6 Å². The maximum atomic E-state index is 10.9. The van der Waals surface area contributed by atoms with E-state index < -0.39 is 5.97 Å². The van der Waals surface area contributed by atoms with Gasteiger partial charge in [0.05, 0.1) is 5.56 Å². The minimum absolute atomic E-state index is 0.350. The van der Waals surface area contributed by atoms with Gasteiger partial charge in [-0.15, -0.1) is 11.3 Å². The highest BCUT2D eigenvalue weighted by molar-refractivity contribution is 7.17. The Morgan fingerprint density at radius 2 is 2.24 bits per heavy atom. The quantitative estimate of drug-likeness (QED) is 0.875. The number of hydrogen-bond donors (Lipinski definition) is 2. The van der Waals surface area contributed by atoms with E-state index in [2.05, 4.69) is 24.5 Å². The molecule has 3 nitrogen and oxygen atoms in total. The van der Waals surface area contributed by atoms with E-state index in [-0.39, 0.29) is 0 Å². The van der Waals surface area contributed by atoms with Crippen LogP contribution < -0.4 is 5.32 Å². The minimum Gasteiger partial charge on any atom is -0.478 e. The molecular formula is C13H15NO2S. The molecule has 0 saturated carbocycles. The van der Waals surface area contributed by atoms with Crippen molar-refractivity contribution in [3.8, 4) is 0 Å². The van der Waals surface area contributed by atoms with Crippen LogP contribution in [0.4, 0.5) is 0 Å². The van der Waals surface area contributed by atoms with Crippen molar-refractivity contribution in [3.63, 3.8) is 0 Å². The number of fused-ring (bicyclic) bond motifs is 1. The third-order valence-corrected chi connectivity index (χ3v) is 3.60. The molecule has 0 saturated heterocycles. The first-order chi connectivity index (χ1) is 8.08. The fraction of sp³-hybridized carbons (Fsp3) is 0.308. The topological polar surface area (TPSA) is 49.3 Å². The normalized spacial score (nSPS) is 11.2. The molecule has 0 fully saturated rings. The number of carboxylic acids is 1. The molecule has 2 rings (SSSR count). The van der Waals surface area contributed by atoms with Crippen LogP contribution in [0, 0.1) is 0 Å². The summed E-state index contributed by atoms with van der Waals surface area (Å²) in [5, 5.41) is 15.5. The van der Waals surface area contributed by atoms with Crippen molar-refractivity contribution in [1.82, 2.24) is 5.32 Å². The zero-order chi connectivity index (χ0) is 12.4. The summed E-state index contributed by atoms with van der Waals surface area (Å²) in [7, 11) is 0. The number of carboxylic acid groups (broad SMARTS) is 1. The Morgan fingerprint density at radius 3 is 2.88 bits per heavy atom. The summed E-state index contributed by atoms with van der Waals surface area (Å²) < 4.78 is 1.03. The molecule has 0 bridgehead atoms. The van der Waals surface area contributed by atoms with Crippen molar-refractivity contribution in [2.75, 3.05) is 0 Å². The van der Waals surface area contributed by atoms with E-state index in [1.165, 1.54) is 5.56 Å². The number of carbonyl (C=O) groups is 1. The second-order valence-electron chi connectivity index (χ2n) is 4.31. The second-order valence-corrected chi connectivity index (χ2v) is 5.22. The van der Waals surface area contributed by atoms with E-state index in [4.69, 9.17) is 5.11 Å². The van der Waals surface area contributed by atoms with E-state index in [1.54, 1.807) is 23.5 Å². The predicted molar refractivity (Wildman–Crippen MR) is 70.8 cm³/mol. The highest BCUT2D eigenvalue weighted by atomic mass is 32.1. The predicted octanol–water partition coefficient (Wildman–Crippen LogP) is 3.10. The van der Waals surface area contributed by atoms with Gasteiger partial charge in [0.25, 0.3) is 0 Å². The van der Waals surface area contributed by atoms with Gasteiger partial charge in [-0.1, -0.05) is 19.9 Å². The molecule has 1 aromatic carbocycles. The van der Waals surface area contributed by atoms with Crippen LogP contribution in [0.2, 0.25) is 0 Å². The lowest BCUT2D eigenvalue weighted by Gasteiger charge is -2.06. The maximum absolute atomic E-state index is 10.9. The van der Waals surface area contributed by atoms with Gasteiger partial charge in [0.1, 0.15) is 0 Å². The van der Waals surface area contributed by atoms with Gasteiger partial charge in [0, 0.05) is 17.3 Å². The van der Waals surface area contributed by atoms with E-state index in [0.29, 0.717) is 11.6 Å². The number of nitrogens with one attached hydrogen (secondary N) is 1. The summed E-state index contributed by atoms with van der Waals surface area (Å²) in [6, 6.07) is 5.74. The van der Waals surface area contributed by atoms with Crippen LogP contribution in [0.3, 0.4) is 0 Å². The molecule has 17 heavy (non-hydrogen) atoms. The highest BCUT2D eigenvalue weighted by Gasteiger charge is 2.08. The van der Waals surface area contributed by atoms with Gasteiger partial charge in [0.2, 0.25) is 0 Å². The number of aromatic carboxylic acids is 1. The molecule has 1 heterocycles. The summed E-state index contributed by atoms with van der Waals surface area (Å²) in [5.74, 6) is -0.873. The van der Waals surface area contributed by atoms with Crippen molar-refractivity contribution in [3.05, 3.63) is 34.7 Å². The summed E-state index contributed by atoms with van der Waals surface area (Å²) in [6.07, 6.45) is 0. The second kappa shape index (κ2) is 4.85. The SMILES string of the molecule is CC(C)NCc1csc2cc(C(=O)O)ccc12. The molecule has 0 spiro atoms. The van der Waals surface area contributed by atoms with Crippen molar-refractivity contribution < 1.29 is 9.90 Å². The van der Waals surface area contributed by atoms with Gasteiger partial charge in [0.15, 0.2) is 0 Å². The Morgan fingerprint density at radius 1 is 1.47 bits per heavy atom. The molecule has 0 aliphatic rings. The lowest BCUT2D eigenvalue weighted by Crippen LogP contribution is -2.21. The smallest absolute Gasteiger partial charge is 0.335 e. The summed E-state index contributed by atoms with van der Waals surface area (Å²) >= 11 is 1.59. The minimum atomic E-state index is -0.873. The Hall–Kier alpha value is -1.39. The van der Waals surface area contributed by atoms with E-state index in [1.807, 2.05) is 6.07 Å². The molecule has 0 aliphatic carbocycles. The largest absolute Gasteiger partial charge is 0.478 e. The maximum Gasteiger partial charge on any atom is 0.335 e. The van der Waals surface area contributed by atoms with Crippen molar-refractivity contribution >= 4 is 27.4 Å². The first kappa shape index (κ1) is 12.1. The molecule has 2 N–H and O–H groups in total. The third kappa shape index (κ3) is 2.65. The van der Waals surface area contributed by atoms with Crippen LogP contribution in [0.1, 0.15) is 29.8 Å². The van der Waals surface area contributed by atoms with Crippen LogP contribution in [0.5, 0.6) is 0 Å². The Bertz CT molecular complexity index is 545. The third-order valence-electron chi connectivity index (χ3n) is 2.60. The molecule has 4 heteroatoms. The summed E-state index contributed by atoms with van der Waals surface area (Å²) in [6.45, 7) is 5.04. The first-order valence-corrected chi connectivity index (χ1v) is 6.42. The molecule has 90 valence electrons. The van der Waals surface area contributed by atoms with Gasteiger partial charge in [-0.2, -0.15) is 0 Å². The van der Waals surface area contributed by atoms with Crippen LogP contribution >= 0.6 is 11.3 Å². The van der Waals surface area contributed by atoms with E-state index in [9.17, 15) is 4.79 Å². The zero-order valence-electron chi connectivity index (χ0n) is 9.86. The standard InChI is InChI=1S/C13H15NO2S/c1-8(2)14-6-10-7-17-12-5-9(13(15)16)3-4-11(10)12/h3-5,7-8,14H,6H2,1-2H3,(H,15,16). The lowest BCUT2D eigenvalue weighted by molar-refractivity contribution is 0.0697. The van der Waals surface area contributed by atoms with Crippen LogP contribution in [-0.2, 0) is 6.54 Å². The van der Waals surface area contributed by atoms with Gasteiger partial charge in [-0.25, -0.2) is 4.79 Å². The number of rotatable bonds is 4. The monoisotopic (exact) mass is 249 g/mol. The molecule has 0 amide bonds. The Labute approximate surface area is 104 Å². The van der Waals surface area contributed by atoms with Gasteiger partial charge < -0.3 is 10.4 Å². The molecular weight excluding hydrogens is 234 g/mol. The summed E-state index contributed by atoms with van der Waals surface area (Å²) in [4.78, 5) is 10.9. The zero-order valence-corrected chi connectivity index (χ0v) is 10.7. The fourth-order valence-corrected chi connectivity index (χ4v) is 2.67. The van der Waals surface area contributed by atoms with Crippen molar-refractivity contribution in [2.45, 2.75) is 26.4 Å². The Balaban J connectivity index is 2.31. The number of benzene rings is 1. The van der Waals surface area contributed by atoms with Gasteiger partial charge >= 0.3 is 5.97 Å². The molecule has 0 aliphatic heterocycles.